The van der Waals surface area contributed by atoms with Crippen LogP contribution in [0.5, 0.6) is 11.6 Å². The van der Waals surface area contributed by atoms with E-state index in [0.717, 1.165) is 18.5 Å². The normalized spacial score (nSPS) is 14.9. The first-order chi connectivity index (χ1) is 9.74. The van der Waals surface area contributed by atoms with E-state index in [-0.39, 0.29) is 6.17 Å². The van der Waals surface area contributed by atoms with Crippen LogP contribution >= 0.6 is 0 Å². The molecule has 19 heavy (non-hydrogen) atoms. The van der Waals surface area contributed by atoms with E-state index in [9.17, 15) is 0 Å². The second-order valence-electron chi connectivity index (χ2n) is 4.29. The quantitative estimate of drug-likeness (QED) is 0.834. The summed E-state index contributed by atoms with van der Waals surface area (Å²) in [6, 6.07) is 0. The Morgan fingerprint density at radius 3 is 2.63 bits per heavy atom. The first kappa shape index (κ1) is 10.7. The molecule has 2 aromatic rings. The summed E-state index contributed by atoms with van der Waals surface area (Å²) in [4.78, 5) is 16.9. The topological polar surface area (TPSA) is 70.0 Å². The molecule has 0 unspecified atom stereocenters. The molecule has 6 heteroatoms. The van der Waals surface area contributed by atoms with E-state index in [1.807, 2.05) is 0 Å². The molecule has 1 saturated carbocycles. The van der Waals surface area contributed by atoms with Gasteiger partial charge < -0.3 is 9.47 Å². The highest BCUT2D eigenvalue weighted by Gasteiger charge is 2.31. The molecule has 98 valence electrons. The van der Waals surface area contributed by atoms with Gasteiger partial charge in [-0.1, -0.05) is 0 Å². The van der Waals surface area contributed by atoms with Gasteiger partial charge in [-0.3, -0.25) is 0 Å². The minimum atomic E-state index is 0.0325. The van der Waals surface area contributed by atoms with Crippen LogP contribution in [-0.2, 0) is 0 Å². The minimum Gasteiger partial charge on any atom is -0.494 e. The van der Waals surface area contributed by atoms with Crippen molar-refractivity contribution in [2.24, 2.45) is 0 Å². The largest absolute Gasteiger partial charge is 0.494 e. The molecule has 2 aromatic heterocycles. The van der Waals surface area contributed by atoms with Gasteiger partial charge in [0, 0.05) is 5.92 Å². The maximum absolute atomic E-state index is 7.82. The third kappa shape index (κ3) is 2.21. The second-order valence-corrected chi connectivity index (χ2v) is 4.29. The molecule has 0 amide bonds. The molecule has 1 fully saturated rings. The molecule has 0 spiro atoms. The Bertz CT molecular complexity index is 646. The van der Waals surface area contributed by atoms with Crippen LogP contribution in [0, 0.1) is 0 Å². The summed E-state index contributed by atoms with van der Waals surface area (Å²) in [7, 11) is 3.03. The van der Waals surface area contributed by atoms with Gasteiger partial charge in [0.25, 0.3) is 0 Å². The summed E-state index contributed by atoms with van der Waals surface area (Å²) < 4.78 is 18.1. The van der Waals surface area contributed by atoms with Crippen molar-refractivity contribution in [3.05, 3.63) is 24.4 Å². The maximum atomic E-state index is 7.82. The fourth-order valence-corrected chi connectivity index (χ4v) is 1.92. The van der Waals surface area contributed by atoms with Crippen molar-refractivity contribution in [2.75, 3.05) is 14.2 Å². The van der Waals surface area contributed by atoms with Gasteiger partial charge in [0.1, 0.15) is 11.9 Å². The molecule has 0 radical (unpaired) electrons. The number of nitrogens with zero attached hydrogens (tertiary/aromatic N) is 4. The van der Waals surface area contributed by atoms with Crippen LogP contribution in [0.1, 0.15) is 25.8 Å². The predicted octanol–water partition coefficient (Wildman–Crippen LogP) is 1.83. The molecule has 0 aromatic carbocycles. The van der Waals surface area contributed by atoms with Crippen LogP contribution in [0.2, 0.25) is 0 Å². The monoisotopic (exact) mass is 259 g/mol. The first-order valence-electron chi connectivity index (χ1n) is 6.51. The van der Waals surface area contributed by atoms with Crippen molar-refractivity contribution in [2.45, 2.75) is 18.8 Å². The van der Waals surface area contributed by atoms with E-state index in [0.29, 0.717) is 28.9 Å². The van der Waals surface area contributed by atoms with Crippen molar-refractivity contribution in [3.8, 4) is 23.0 Å². The highest BCUT2D eigenvalue weighted by atomic mass is 16.5. The van der Waals surface area contributed by atoms with Gasteiger partial charge in [-0.05, 0) is 12.8 Å². The van der Waals surface area contributed by atoms with Crippen molar-refractivity contribution < 1.29 is 10.8 Å². The Morgan fingerprint density at radius 1 is 1.16 bits per heavy atom. The maximum Gasteiger partial charge on any atom is 0.227 e. The van der Waals surface area contributed by atoms with Crippen LogP contribution in [0.25, 0.3) is 11.4 Å². The first-order valence-corrected chi connectivity index (χ1v) is 6.01. The van der Waals surface area contributed by atoms with Crippen LogP contribution in [0.4, 0.5) is 0 Å². The molecule has 1 aliphatic carbocycles. The molecule has 0 saturated heterocycles. The van der Waals surface area contributed by atoms with Gasteiger partial charge in [0.15, 0.2) is 11.6 Å². The average molecular weight is 259 g/mol. The molecule has 3 rings (SSSR count). The molecule has 2 heterocycles. The Hall–Kier alpha value is -2.24. The number of aromatic nitrogens is 4. The summed E-state index contributed by atoms with van der Waals surface area (Å²) in [5.74, 6) is 1.57. The Labute approximate surface area is 112 Å². The molecule has 1 aliphatic rings. The lowest BCUT2D eigenvalue weighted by Gasteiger charge is -2.10. The van der Waals surface area contributed by atoms with Gasteiger partial charge >= 0.3 is 0 Å². The summed E-state index contributed by atoms with van der Waals surface area (Å²) in [6.07, 6.45) is 5.19. The number of hydrogen-bond donors (Lipinski definition) is 0. The molecular weight excluding hydrogens is 244 g/mol. The molecule has 6 nitrogen and oxygen atoms in total. The van der Waals surface area contributed by atoms with E-state index in [1.54, 1.807) is 7.11 Å². The van der Waals surface area contributed by atoms with Gasteiger partial charge in [-0.25, -0.2) is 19.9 Å². The van der Waals surface area contributed by atoms with E-state index >= 15 is 0 Å². The SMILES string of the molecule is [2H]c1nc(-c2c(OC)ncnc2C2CC2)ncc1OC. The van der Waals surface area contributed by atoms with Crippen LogP contribution in [0.15, 0.2) is 18.7 Å². The number of rotatable bonds is 4. The lowest BCUT2D eigenvalue weighted by molar-refractivity contribution is 0.397. The van der Waals surface area contributed by atoms with Gasteiger partial charge in [-0.15, -0.1) is 0 Å². The third-order valence-electron chi connectivity index (χ3n) is 3.02. The van der Waals surface area contributed by atoms with E-state index in [1.165, 1.54) is 19.6 Å². The molecule has 0 N–H and O–H groups in total. The molecular formula is C13H14N4O2. The summed E-state index contributed by atoms with van der Waals surface area (Å²) in [5, 5.41) is 0. The lowest BCUT2D eigenvalue weighted by Crippen LogP contribution is -2.02. The van der Waals surface area contributed by atoms with Crippen LogP contribution < -0.4 is 9.47 Å². The zero-order valence-corrected chi connectivity index (χ0v) is 10.8. The zero-order valence-electron chi connectivity index (χ0n) is 11.8. The van der Waals surface area contributed by atoms with Crippen molar-refractivity contribution >= 4 is 0 Å². The fourth-order valence-electron chi connectivity index (χ4n) is 1.92. The molecule has 0 bridgehead atoms. The standard InChI is InChI=1S/C13H14N4O2/c1-18-9-5-14-12(15-6-9)10-11(8-3-4-8)16-7-17-13(10)19-2/h5-8H,3-4H2,1-2H3/i5D. The Balaban J connectivity index is 2.15. The Kier molecular flexibility index (Phi) is 2.69. The predicted molar refractivity (Wildman–Crippen MR) is 68.1 cm³/mol. The average Bonchev–Trinajstić information content (AvgIpc) is 3.31. The van der Waals surface area contributed by atoms with Crippen molar-refractivity contribution in [1.82, 2.24) is 19.9 Å². The molecule has 0 atom stereocenters. The number of hydrogen-bond acceptors (Lipinski definition) is 6. The van der Waals surface area contributed by atoms with Gasteiger partial charge in [0.2, 0.25) is 5.88 Å². The van der Waals surface area contributed by atoms with Gasteiger partial charge in [0.05, 0.1) is 33.7 Å². The van der Waals surface area contributed by atoms with Crippen LogP contribution in [-0.4, -0.2) is 34.2 Å². The highest BCUT2D eigenvalue weighted by Crippen LogP contribution is 2.44. The van der Waals surface area contributed by atoms with Gasteiger partial charge in [-0.2, -0.15) is 0 Å². The summed E-state index contributed by atoms with van der Waals surface area (Å²) in [6.45, 7) is 0. The van der Waals surface area contributed by atoms with E-state index < -0.39 is 0 Å². The number of methoxy groups -OCH3 is 2. The summed E-state index contributed by atoms with van der Waals surface area (Å²) >= 11 is 0. The Morgan fingerprint density at radius 2 is 2.00 bits per heavy atom. The summed E-state index contributed by atoms with van der Waals surface area (Å²) in [5.41, 5.74) is 1.56. The zero-order chi connectivity index (χ0) is 14.1. The number of ether oxygens (including phenoxy) is 2. The minimum absolute atomic E-state index is 0.0325. The third-order valence-corrected chi connectivity index (χ3v) is 3.02. The van der Waals surface area contributed by atoms with Crippen molar-refractivity contribution in [1.29, 1.82) is 0 Å². The van der Waals surface area contributed by atoms with E-state index in [2.05, 4.69) is 19.9 Å². The smallest absolute Gasteiger partial charge is 0.227 e. The van der Waals surface area contributed by atoms with E-state index in [4.69, 9.17) is 10.8 Å². The second kappa shape index (κ2) is 4.79. The van der Waals surface area contributed by atoms with Crippen molar-refractivity contribution in [3.63, 3.8) is 0 Å². The molecule has 0 aliphatic heterocycles. The fraction of sp³-hybridized carbons (Fsp3) is 0.385. The van der Waals surface area contributed by atoms with Crippen LogP contribution in [0.3, 0.4) is 0 Å². The lowest BCUT2D eigenvalue weighted by atomic mass is 10.1. The highest BCUT2D eigenvalue weighted by molar-refractivity contribution is 5.65.